The summed E-state index contributed by atoms with van der Waals surface area (Å²) >= 11 is 0. The molecule has 0 unspecified atom stereocenters. The monoisotopic (exact) mass is 422 g/mol. The Bertz CT molecular complexity index is 662. The van der Waals surface area contributed by atoms with E-state index in [1.165, 1.54) is 6.92 Å². The summed E-state index contributed by atoms with van der Waals surface area (Å²) in [6, 6.07) is -0.908. The summed E-state index contributed by atoms with van der Waals surface area (Å²) in [5.74, 6) is -1.89. The van der Waals surface area contributed by atoms with Crippen molar-refractivity contribution in [3.63, 3.8) is 0 Å². The van der Waals surface area contributed by atoms with Crippen LogP contribution in [0.5, 0.6) is 0 Å². The van der Waals surface area contributed by atoms with Gasteiger partial charge in [-0.3, -0.25) is 9.59 Å². The van der Waals surface area contributed by atoms with E-state index in [4.69, 9.17) is 4.74 Å². The molecule has 3 atom stereocenters. The molecule has 0 spiro atoms. The maximum absolute atomic E-state index is 12.6. The first-order chi connectivity index (χ1) is 13.0. The summed E-state index contributed by atoms with van der Waals surface area (Å²) < 4.78 is 37.0. The highest BCUT2D eigenvalue weighted by Crippen LogP contribution is 2.22. The zero-order chi connectivity index (χ0) is 21.5. The van der Waals surface area contributed by atoms with Gasteiger partial charge >= 0.3 is 16.4 Å². The summed E-state index contributed by atoms with van der Waals surface area (Å²) in [6.45, 7) is 9.74. The molecule has 0 aliphatic carbocycles. The molecule has 11 heteroatoms. The second-order valence-corrected chi connectivity index (χ2v) is 8.56. The van der Waals surface area contributed by atoms with Gasteiger partial charge in [0.25, 0.3) is 5.91 Å². The van der Waals surface area contributed by atoms with Crippen LogP contribution in [-0.2, 0) is 37.9 Å². The minimum atomic E-state index is -4.52. The molecule has 2 amide bonds. The van der Waals surface area contributed by atoms with Gasteiger partial charge in [-0.15, -0.1) is 0 Å². The van der Waals surface area contributed by atoms with E-state index in [9.17, 15) is 22.8 Å². The van der Waals surface area contributed by atoms with Crippen LogP contribution in [-0.4, -0.2) is 57.6 Å². The molecule has 28 heavy (non-hydrogen) atoms. The summed E-state index contributed by atoms with van der Waals surface area (Å²) in [7, 11) is -4.52. The molecular formula is C17H30N2O8S. The van der Waals surface area contributed by atoms with Crippen molar-refractivity contribution in [1.29, 1.82) is 0 Å². The summed E-state index contributed by atoms with van der Waals surface area (Å²) in [5, 5.41) is 5.22. The van der Waals surface area contributed by atoms with Crippen molar-refractivity contribution in [3.8, 4) is 0 Å². The van der Waals surface area contributed by atoms with Gasteiger partial charge in [0.05, 0.1) is 6.61 Å². The standard InChI is InChI=1S/C17H30N2O8S/c1-6-25-17(22)14-13(26-28(23,24)27-14)16(21)19-12(9-11(4)5)15(20)18-8-7-10(2)3/h10-14H,6-9H2,1-5H3,(H,18,20)(H,19,21)/t12-,13-,14-/m0/s1. The first-order valence-corrected chi connectivity index (χ1v) is 10.7. The number of hydrogen-bond donors (Lipinski definition) is 2. The first kappa shape index (κ1) is 24.3. The molecule has 1 aliphatic heterocycles. The Morgan fingerprint density at radius 1 is 1.04 bits per heavy atom. The van der Waals surface area contributed by atoms with E-state index in [0.29, 0.717) is 18.9 Å². The fourth-order valence-electron chi connectivity index (χ4n) is 2.51. The Hall–Kier alpha value is -1.72. The van der Waals surface area contributed by atoms with E-state index in [-0.39, 0.29) is 12.5 Å². The maximum Gasteiger partial charge on any atom is 0.401 e. The van der Waals surface area contributed by atoms with Gasteiger partial charge in [0, 0.05) is 6.54 Å². The van der Waals surface area contributed by atoms with Crippen LogP contribution in [0.4, 0.5) is 0 Å². The van der Waals surface area contributed by atoms with E-state index in [2.05, 4.69) is 19.0 Å². The van der Waals surface area contributed by atoms with Crippen molar-refractivity contribution >= 4 is 28.2 Å². The quantitative estimate of drug-likeness (QED) is 0.479. The molecule has 0 bridgehead atoms. The van der Waals surface area contributed by atoms with Gasteiger partial charge in [-0.1, -0.05) is 27.7 Å². The molecule has 0 aromatic rings. The van der Waals surface area contributed by atoms with Crippen LogP contribution in [0.3, 0.4) is 0 Å². The van der Waals surface area contributed by atoms with Crippen LogP contribution in [0.15, 0.2) is 0 Å². The van der Waals surface area contributed by atoms with Crippen molar-refractivity contribution in [2.24, 2.45) is 11.8 Å². The molecular weight excluding hydrogens is 392 g/mol. The Balaban J connectivity index is 2.86. The molecule has 1 saturated heterocycles. The van der Waals surface area contributed by atoms with Crippen molar-refractivity contribution in [3.05, 3.63) is 0 Å². The van der Waals surface area contributed by atoms with Gasteiger partial charge in [-0.05, 0) is 31.6 Å². The Morgan fingerprint density at radius 3 is 2.18 bits per heavy atom. The molecule has 10 nitrogen and oxygen atoms in total. The van der Waals surface area contributed by atoms with E-state index >= 15 is 0 Å². The lowest BCUT2D eigenvalue weighted by molar-refractivity contribution is -0.155. The van der Waals surface area contributed by atoms with Crippen molar-refractivity contribution in [1.82, 2.24) is 10.6 Å². The number of esters is 1. The van der Waals surface area contributed by atoms with Gasteiger partial charge in [-0.25, -0.2) is 13.2 Å². The third-order valence-electron chi connectivity index (χ3n) is 3.86. The molecule has 0 radical (unpaired) electrons. The highest BCUT2D eigenvalue weighted by atomic mass is 32.3. The number of rotatable bonds is 10. The fraction of sp³-hybridized carbons (Fsp3) is 0.824. The lowest BCUT2D eigenvalue weighted by Crippen LogP contribution is -2.53. The Morgan fingerprint density at radius 2 is 1.64 bits per heavy atom. The fourth-order valence-corrected chi connectivity index (χ4v) is 3.43. The lowest BCUT2D eigenvalue weighted by atomic mass is 10.0. The van der Waals surface area contributed by atoms with Crippen LogP contribution < -0.4 is 10.6 Å². The van der Waals surface area contributed by atoms with Crippen LogP contribution >= 0.6 is 0 Å². The third kappa shape index (κ3) is 7.72. The molecule has 1 rings (SSSR count). The second kappa shape index (κ2) is 10.7. The predicted molar refractivity (Wildman–Crippen MR) is 99.1 cm³/mol. The number of nitrogens with one attached hydrogen (secondary N) is 2. The predicted octanol–water partition coefficient (Wildman–Crippen LogP) is 0.272. The minimum absolute atomic E-state index is 0.0265. The van der Waals surface area contributed by atoms with Crippen LogP contribution in [0.2, 0.25) is 0 Å². The average Bonchev–Trinajstić information content (AvgIpc) is 2.89. The van der Waals surface area contributed by atoms with Gasteiger partial charge in [0.1, 0.15) is 6.04 Å². The average molecular weight is 423 g/mol. The Labute approximate surface area is 166 Å². The number of carbonyl (C=O) groups is 3. The second-order valence-electron chi connectivity index (χ2n) is 7.36. The van der Waals surface area contributed by atoms with Crippen LogP contribution in [0, 0.1) is 11.8 Å². The molecule has 1 fully saturated rings. The molecule has 162 valence electrons. The number of ether oxygens (including phenoxy) is 1. The van der Waals surface area contributed by atoms with E-state index in [1.54, 1.807) is 0 Å². The molecule has 0 aromatic carbocycles. The van der Waals surface area contributed by atoms with Crippen molar-refractivity contribution in [2.45, 2.75) is 65.7 Å². The zero-order valence-corrected chi connectivity index (χ0v) is 17.7. The molecule has 2 N–H and O–H groups in total. The lowest BCUT2D eigenvalue weighted by Gasteiger charge is -2.22. The van der Waals surface area contributed by atoms with Gasteiger partial charge in [0.15, 0.2) is 6.10 Å². The first-order valence-electron chi connectivity index (χ1n) is 9.33. The van der Waals surface area contributed by atoms with Gasteiger partial charge in [0.2, 0.25) is 12.0 Å². The number of hydrogen-bond acceptors (Lipinski definition) is 8. The topological polar surface area (TPSA) is 137 Å². The number of amides is 2. The van der Waals surface area contributed by atoms with Crippen LogP contribution in [0.25, 0.3) is 0 Å². The van der Waals surface area contributed by atoms with Gasteiger partial charge < -0.3 is 15.4 Å². The third-order valence-corrected chi connectivity index (χ3v) is 4.74. The molecule has 0 saturated carbocycles. The molecule has 0 aromatic heterocycles. The summed E-state index contributed by atoms with van der Waals surface area (Å²) in [5.41, 5.74) is 0. The normalized spacial score (nSPS) is 22.1. The van der Waals surface area contributed by atoms with Crippen molar-refractivity contribution < 1.29 is 35.9 Å². The van der Waals surface area contributed by atoms with Crippen LogP contribution in [0.1, 0.15) is 47.5 Å². The van der Waals surface area contributed by atoms with E-state index in [1.807, 2.05) is 27.7 Å². The molecule has 1 heterocycles. The van der Waals surface area contributed by atoms with Crippen molar-refractivity contribution in [2.75, 3.05) is 13.2 Å². The highest BCUT2D eigenvalue weighted by molar-refractivity contribution is 7.82. The van der Waals surface area contributed by atoms with Gasteiger partial charge in [-0.2, -0.15) is 8.42 Å². The molecule has 1 aliphatic rings. The number of carbonyl (C=O) groups excluding carboxylic acids is 3. The van der Waals surface area contributed by atoms with E-state index in [0.717, 1.165) is 6.42 Å². The smallest absolute Gasteiger partial charge is 0.401 e. The Kier molecular flexibility index (Phi) is 9.31. The summed E-state index contributed by atoms with van der Waals surface area (Å²) in [4.78, 5) is 36.9. The minimum Gasteiger partial charge on any atom is -0.464 e. The highest BCUT2D eigenvalue weighted by Gasteiger charge is 2.50. The van der Waals surface area contributed by atoms with E-state index < -0.39 is 46.4 Å². The SMILES string of the molecule is CCOC(=O)[C@H]1OS(=O)(=O)O[C@@H]1C(=O)N[C@@H](CC(C)C)C(=O)NCCC(C)C. The summed E-state index contributed by atoms with van der Waals surface area (Å²) in [6.07, 6.45) is -2.42. The maximum atomic E-state index is 12.6. The largest absolute Gasteiger partial charge is 0.464 e. The zero-order valence-electron chi connectivity index (χ0n) is 16.9.